The van der Waals surface area contributed by atoms with E-state index >= 15 is 0 Å². The predicted molar refractivity (Wildman–Crippen MR) is 131 cm³/mol. The van der Waals surface area contributed by atoms with Crippen LogP contribution >= 0.6 is 0 Å². The number of β-amino-alcohol motifs (C(OH)–C–C–N with tert-alkyl or cyclic N) is 1. The number of methoxy groups -OCH3 is 2. The summed E-state index contributed by atoms with van der Waals surface area (Å²) in [5, 5.41) is 22.4. The molecule has 186 valence electrons. The number of nitriles is 1. The maximum Gasteiger partial charge on any atom is 0.322 e. The Morgan fingerprint density at radius 3 is 2.29 bits per heavy atom. The van der Waals surface area contributed by atoms with E-state index in [9.17, 15) is 9.90 Å². The van der Waals surface area contributed by atoms with E-state index in [0.29, 0.717) is 60.0 Å². The number of piperidine rings is 2. The summed E-state index contributed by atoms with van der Waals surface area (Å²) in [6, 6.07) is 14.2. The fourth-order valence-corrected chi connectivity index (χ4v) is 5.03. The minimum absolute atomic E-state index is 0.160. The van der Waals surface area contributed by atoms with E-state index < -0.39 is 6.10 Å². The second-order valence-electron chi connectivity index (χ2n) is 9.16. The maximum atomic E-state index is 13.1. The molecule has 2 heterocycles. The second-order valence-corrected chi connectivity index (χ2v) is 9.16. The number of aliphatic hydroxyl groups is 1. The van der Waals surface area contributed by atoms with Crippen LogP contribution in [0.25, 0.3) is 0 Å². The molecule has 3 atom stereocenters. The third-order valence-corrected chi connectivity index (χ3v) is 6.50. The summed E-state index contributed by atoms with van der Waals surface area (Å²) in [6.07, 6.45) is 0.456. The summed E-state index contributed by atoms with van der Waals surface area (Å²) in [6.45, 7) is 3.68. The normalized spacial score (nSPS) is 20.5. The number of urea groups is 1. The lowest BCUT2D eigenvalue weighted by molar-refractivity contribution is 0.0105. The molecule has 2 aliphatic rings. The molecule has 3 unspecified atom stereocenters. The lowest BCUT2D eigenvalue weighted by Gasteiger charge is -2.46. The highest BCUT2D eigenvalue weighted by molar-refractivity contribution is 5.93. The number of rotatable bonds is 8. The number of nitrogens with zero attached hydrogens (tertiary/aromatic N) is 3. The smallest absolute Gasteiger partial charge is 0.322 e. The predicted octanol–water partition coefficient (Wildman–Crippen LogP) is 2.80. The van der Waals surface area contributed by atoms with Gasteiger partial charge in [0.1, 0.15) is 35.6 Å². The molecule has 2 bridgehead atoms. The van der Waals surface area contributed by atoms with Crippen LogP contribution in [-0.4, -0.2) is 80.6 Å². The minimum Gasteiger partial charge on any atom is -0.494 e. The fourth-order valence-electron chi connectivity index (χ4n) is 5.03. The molecule has 2 aromatic carbocycles. The Morgan fingerprint density at radius 1 is 1.09 bits per heavy atom. The van der Waals surface area contributed by atoms with Crippen molar-refractivity contribution >= 4 is 11.7 Å². The van der Waals surface area contributed by atoms with Gasteiger partial charge in [0.05, 0.1) is 25.9 Å². The molecule has 35 heavy (non-hydrogen) atoms. The highest BCUT2D eigenvalue weighted by atomic mass is 16.5. The molecular formula is C26H32N4O5. The van der Waals surface area contributed by atoms with Crippen molar-refractivity contribution in [3.8, 4) is 23.3 Å². The Bertz CT molecular complexity index is 1020. The molecule has 2 aliphatic heterocycles. The van der Waals surface area contributed by atoms with Crippen LogP contribution in [0.15, 0.2) is 42.5 Å². The number of hydrogen-bond acceptors (Lipinski definition) is 7. The van der Waals surface area contributed by atoms with Crippen molar-refractivity contribution in [3.05, 3.63) is 48.0 Å². The molecular weight excluding hydrogens is 448 g/mol. The number of para-hydroxylation sites is 1. The third kappa shape index (κ3) is 6.15. The second kappa shape index (κ2) is 11.3. The molecule has 2 fully saturated rings. The third-order valence-electron chi connectivity index (χ3n) is 6.50. The Balaban J connectivity index is 1.28. The fraction of sp³-hybridized carbons (Fsp3) is 0.462. The molecule has 0 spiro atoms. The molecule has 2 aromatic rings. The van der Waals surface area contributed by atoms with E-state index in [4.69, 9.17) is 19.5 Å². The van der Waals surface area contributed by atoms with Crippen molar-refractivity contribution in [1.29, 1.82) is 5.26 Å². The number of nitrogens with one attached hydrogen (secondary N) is 1. The van der Waals surface area contributed by atoms with Gasteiger partial charge < -0.3 is 29.5 Å². The molecule has 2 amide bonds. The van der Waals surface area contributed by atoms with Crippen molar-refractivity contribution in [2.45, 2.75) is 12.5 Å². The zero-order valence-electron chi connectivity index (χ0n) is 20.1. The standard InChI is InChI=1S/C26H32N4O5/c1-33-23-4-3-5-24(34-2)25(23)28-26(32)30-14-19-10-20(15-30)13-29(12-19)16-21(31)17-35-22-8-6-18(11-27)7-9-22/h3-9,19-21,31H,10,12-17H2,1-2H3,(H,28,32). The van der Waals surface area contributed by atoms with Gasteiger partial charge in [-0.3, -0.25) is 4.90 Å². The van der Waals surface area contributed by atoms with Gasteiger partial charge in [0, 0.05) is 32.7 Å². The number of anilines is 1. The number of fused-ring (bicyclic) bond motifs is 2. The zero-order chi connectivity index (χ0) is 24.8. The molecule has 0 aliphatic carbocycles. The first-order chi connectivity index (χ1) is 17.0. The van der Waals surface area contributed by atoms with Crippen molar-refractivity contribution < 1.29 is 24.1 Å². The summed E-state index contributed by atoms with van der Waals surface area (Å²) in [7, 11) is 3.13. The van der Waals surface area contributed by atoms with Gasteiger partial charge in [0.25, 0.3) is 0 Å². The topological polar surface area (TPSA) is 107 Å². The van der Waals surface area contributed by atoms with Crippen LogP contribution in [0.4, 0.5) is 10.5 Å². The number of carbonyl (C=O) groups is 1. The molecule has 0 radical (unpaired) electrons. The van der Waals surface area contributed by atoms with Gasteiger partial charge in [-0.1, -0.05) is 6.07 Å². The lowest BCUT2D eigenvalue weighted by atomic mass is 9.84. The molecule has 9 nitrogen and oxygen atoms in total. The first kappa shape index (κ1) is 24.6. The van der Waals surface area contributed by atoms with Gasteiger partial charge in [-0.2, -0.15) is 5.26 Å². The Labute approximate surface area is 205 Å². The van der Waals surface area contributed by atoms with Crippen LogP contribution in [0, 0.1) is 23.2 Å². The van der Waals surface area contributed by atoms with Gasteiger partial charge in [-0.05, 0) is 54.7 Å². The average molecular weight is 481 g/mol. The van der Waals surface area contributed by atoms with Crippen LogP contribution in [0.3, 0.4) is 0 Å². The summed E-state index contributed by atoms with van der Waals surface area (Å²) in [5.41, 5.74) is 1.10. The summed E-state index contributed by atoms with van der Waals surface area (Å²) in [5.74, 6) is 2.43. The van der Waals surface area contributed by atoms with Crippen LogP contribution in [0.2, 0.25) is 0 Å². The van der Waals surface area contributed by atoms with E-state index in [1.54, 1.807) is 50.6 Å². The Hall–Kier alpha value is -3.48. The lowest BCUT2D eigenvalue weighted by Crippen LogP contribution is -2.56. The van der Waals surface area contributed by atoms with Crippen molar-refractivity contribution in [2.24, 2.45) is 11.8 Å². The van der Waals surface area contributed by atoms with Crippen LogP contribution in [0.5, 0.6) is 17.2 Å². The van der Waals surface area contributed by atoms with Gasteiger partial charge in [-0.15, -0.1) is 0 Å². The Morgan fingerprint density at radius 2 is 1.71 bits per heavy atom. The van der Waals surface area contributed by atoms with Gasteiger partial charge in [-0.25, -0.2) is 4.79 Å². The molecule has 0 aromatic heterocycles. The summed E-state index contributed by atoms with van der Waals surface area (Å²) >= 11 is 0. The van der Waals surface area contributed by atoms with E-state index in [1.807, 2.05) is 11.0 Å². The van der Waals surface area contributed by atoms with Gasteiger partial charge >= 0.3 is 6.03 Å². The molecule has 2 N–H and O–H groups in total. The van der Waals surface area contributed by atoms with E-state index in [0.717, 1.165) is 19.5 Å². The van der Waals surface area contributed by atoms with Crippen molar-refractivity contribution in [2.75, 3.05) is 58.9 Å². The minimum atomic E-state index is -0.623. The van der Waals surface area contributed by atoms with Crippen LogP contribution in [0.1, 0.15) is 12.0 Å². The summed E-state index contributed by atoms with van der Waals surface area (Å²) < 4.78 is 16.5. The van der Waals surface area contributed by atoms with Crippen molar-refractivity contribution in [1.82, 2.24) is 9.80 Å². The quantitative estimate of drug-likeness (QED) is 0.598. The largest absolute Gasteiger partial charge is 0.494 e. The Kier molecular flexibility index (Phi) is 7.95. The van der Waals surface area contributed by atoms with E-state index in [-0.39, 0.29) is 12.6 Å². The zero-order valence-corrected chi connectivity index (χ0v) is 20.1. The first-order valence-electron chi connectivity index (χ1n) is 11.8. The first-order valence-corrected chi connectivity index (χ1v) is 11.8. The number of amides is 2. The number of benzene rings is 2. The highest BCUT2D eigenvalue weighted by Crippen LogP contribution is 2.35. The monoisotopic (exact) mass is 480 g/mol. The highest BCUT2D eigenvalue weighted by Gasteiger charge is 2.36. The molecule has 2 saturated heterocycles. The average Bonchev–Trinajstić information content (AvgIpc) is 2.87. The van der Waals surface area contributed by atoms with Gasteiger partial charge in [0.15, 0.2) is 0 Å². The number of carbonyl (C=O) groups excluding carboxylic acids is 1. The maximum absolute atomic E-state index is 13.1. The summed E-state index contributed by atoms with van der Waals surface area (Å²) in [4.78, 5) is 17.2. The van der Waals surface area contributed by atoms with E-state index in [1.165, 1.54) is 0 Å². The number of ether oxygens (including phenoxy) is 3. The van der Waals surface area contributed by atoms with Crippen LogP contribution < -0.4 is 19.5 Å². The van der Waals surface area contributed by atoms with Crippen molar-refractivity contribution in [3.63, 3.8) is 0 Å². The molecule has 0 saturated carbocycles. The SMILES string of the molecule is COc1cccc(OC)c1NC(=O)N1CC2CC(CN(CC(O)COc3ccc(C#N)cc3)C2)C1. The number of aliphatic hydroxyl groups excluding tert-OH is 1. The van der Waals surface area contributed by atoms with E-state index in [2.05, 4.69) is 16.3 Å². The van der Waals surface area contributed by atoms with Crippen LogP contribution in [-0.2, 0) is 0 Å². The molecule has 4 rings (SSSR count). The number of hydrogen-bond donors (Lipinski definition) is 2. The van der Waals surface area contributed by atoms with Gasteiger partial charge in [0.2, 0.25) is 0 Å². The number of likely N-dealkylation sites (tertiary alicyclic amines) is 2. The molecule has 9 heteroatoms.